The number of pyridine rings is 1. The van der Waals surface area contributed by atoms with Gasteiger partial charge in [0.25, 0.3) is 5.56 Å². The highest BCUT2D eigenvalue weighted by Gasteiger charge is 2.24. The lowest BCUT2D eigenvalue weighted by Gasteiger charge is -2.36. The number of ether oxygens (including phenoxy) is 3. The summed E-state index contributed by atoms with van der Waals surface area (Å²) in [4.78, 5) is 28.0. The number of aryl methyl sites for hydroxylation is 1. The van der Waals surface area contributed by atoms with Crippen LogP contribution in [0.2, 0.25) is 10.0 Å². The molecule has 0 spiro atoms. The largest absolute Gasteiger partial charge is 0.496 e. The van der Waals surface area contributed by atoms with E-state index in [1.807, 2.05) is 19.1 Å². The van der Waals surface area contributed by atoms with Gasteiger partial charge in [0.05, 0.1) is 53.9 Å². The van der Waals surface area contributed by atoms with Crippen LogP contribution in [-0.4, -0.2) is 73.5 Å². The number of hydrogen-bond acceptors (Lipinski definition) is 9. The van der Waals surface area contributed by atoms with Crippen molar-refractivity contribution < 1.29 is 14.2 Å². The number of fused-ring (bicyclic) bond motifs is 1. The fourth-order valence-electron chi connectivity index (χ4n) is 5.39. The molecule has 0 saturated carbocycles. The van der Waals surface area contributed by atoms with Crippen LogP contribution in [0.15, 0.2) is 35.3 Å². The summed E-state index contributed by atoms with van der Waals surface area (Å²) < 4.78 is 18.2. The maximum Gasteiger partial charge on any atom is 0.260 e. The van der Waals surface area contributed by atoms with E-state index in [-0.39, 0.29) is 21.2 Å². The summed E-state index contributed by atoms with van der Waals surface area (Å²) in [5.74, 6) is 1.66. The lowest BCUT2D eigenvalue weighted by molar-refractivity contribution is 0.271. The Labute approximate surface area is 254 Å². The molecule has 0 aliphatic carbocycles. The second-order valence-electron chi connectivity index (χ2n) is 9.90. The number of nitrogens with two attached hydrogens (primary N) is 1. The number of piperazine rings is 1. The average molecular weight is 614 g/mol. The van der Waals surface area contributed by atoms with Gasteiger partial charge in [-0.05, 0) is 25.6 Å². The molecular formula is C30H34Cl2N6O4. The molecule has 3 heterocycles. The molecule has 10 nitrogen and oxygen atoms in total. The Kier molecular flexibility index (Phi) is 8.68. The Morgan fingerprint density at radius 1 is 0.857 bits per heavy atom. The summed E-state index contributed by atoms with van der Waals surface area (Å²) in [6.07, 6.45) is 1.67. The second-order valence-corrected chi connectivity index (χ2v) is 10.7. The third-order valence-corrected chi connectivity index (χ3v) is 8.49. The van der Waals surface area contributed by atoms with Gasteiger partial charge in [-0.3, -0.25) is 9.36 Å². The molecule has 1 aliphatic heterocycles. The first-order chi connectivity index (χ1) is 20.3. The molecule has 0 unspecified atom stereocenters. The van der Waals surface area contributed by atoms with Crippen LogP contribution in [0.3, 0.4) is 0 Å². The zero-order valence-corrected chi connectivity index (χ0v) is 25.8. The highest BCUT2D eigenvalue weighted by Crippen LogP contribution is 2.45. The van der Waals surface area contributed by atoms with Gasteiger partial charge in [0.2, 0.25) is 0 Å². The van der Waals surface area contributed by atoms with Crippen molar-refractivity contribution in [1.29, 1.82) is 0 Å². The van der Waals surface area contributed by atoms with Crippen molar-refractivity contribution in [3.63, 3.8) is 0 Å². The number of aromatic nitrogens is 3. The predicted molar refractivity (Wildman–Crippen MR) is 169 cm³/mol. The van der Waals surface area contributed by atoms with Crippen LogP contribution >= 0.6 is 23.2 Å². The number of nitrogen functional groups attached to an aromatic ring is 1. The quantitative estimate of drug-likeness (QED) is 0.268. The minimum Gasteiger partial charge on any atom is -0.496 e. The topological polar surface area (TPSA) is 108 Å². The molecule has 4 aromatic rings. The number of methoxy groups -OCH3 is 3. The molecule has 222 valence electrons. The van der Waals surface area contributed by atoms with Gasteiger partial charge in [-0.25, -0.2) is 9.97 Å². The highest BCUT2D eigenvalue weighted by atomic mass is 35.5. The van der Waals surface area contributed by atoms with Gasteiger partial charge in [-0.1, -0.05) is 30.1 Å². The molecule has 0 bridgehead atoms. The number of hydrogen-bond donors (Lipinski definition) is 1. The van der Waals surface area contributed by atoms with Gasteiger partial charge in [-0.15, -0.1) is 0 Å². The highest BCUT2D eigenvalue weighted by molar-refractivity contribution is 6.41. The van der Waals surface area contributed by atoms with E-state index in [9.17, 15) is 4.79 Å². The van der Waals surface area contributed by atoms with Crippen LogP contribution in [0.1, 0.15) is 13.8 Å². The summed E-state index contributed by atoms with van der Waals surface area (Å²) in [5.41, 5.74) is 9.47. The normalized spacial score (nSPS) is 13.9. The molecule has 0 amide bonds. The fourth-order valence-corrected chi connectivity index (χ4v) is 6.10. The van der Waals surface area contributed by atoms with Crippen LogP contribution in [0.5, 0.6) is 17.2 Å². The molecule has 2 aromatic carbocycles. The van der Waals surface area contributed by atoms with E-state index in [0.717, 1.165) is 38.4 Å². The van der Waals surface area contributed by atoms with Crippen molar-refractivity contribution in [3.05, 3.63) is 50.9 Å². The van der Waals surface area contributed by atoms with Gasteiger partial charge in [-0.2, -0.15) is 0 Å². The minimum atomic E-state index is -0.318. The van der Waals surface area contributed by atoms with Gasteiger partial charge in [0.1, 0.15) is 22.9 Å². The Morgan fingerprint density at radius 2 is 1.50 bits per heavy atom. The van der Waals surface area contributed by atoms with Crippen molar-refractivity contribution in [3.8, 4) is 39.8 Å². The zero-order chi connectivity index (χ0) is 30.1. The summed E-state index contributed by atoms with van der Waals surface area (Å²) >= 11 is 13.3. The van der Waals surface area contributed by atoms with Crippen LogP contribution in [0.25, 0.3) is 33.5 Å². The molecule has 0 atom stereocenters. The SMILES string of the molecule is CCN1CCN(c2cc(OC)c(-c3ncc4cc(-c5c(Cl)c(OC)cc(OC)c5Cl)c(=O)n(CC)c4n3)cc2N)CC1. The molecule has 2 aromatic heterocycles. The van der Waals surface area contributed by atoms with Crippen molar-refractivity contribution in [2.75, 3.05) is 64.7 Å². The first kappa shape index (κ1) is 29.8. The van der Waals surface area contributed by atoms with Crippen LogP contribution in [-0.2, 0) is 6.54 Å². The summed E-state index contributed by atoms with van der Waals surface area (Å²) in [5, 5.41) is 1.04. The van der Waals surface area contributed by atoms with E-state index in [2.05, 4.69) is 21.7 Å². The van der Waals surface area contributed by atoms with Crippen molar-refractivity contribution in [2.45, 2.75) is 20.4 Å². The maximum absolute atomic E-state index is 13.9. The standard InChI is InChI=1S/C30H34Cl2N6O4/c1-6-36-8-10-37(11-9-36)21-14-22(40-3)18(13-20(21)33)28-34-16-17-12-19(30(39)38(7-2)29(17)35-28)25-26(31)23(41-4)15-24(42-5)27(25)32/h12-16H,6-11,33H2,1-5H3. The molecule has 0 radical (unpaired) electrons. The summed E-state index contributed by atoms with van der Waals surface area (Å²) in [6.45, 7) is 9.13. The number of anilines is 2. The minimum absolute atomic E-state index is 0.205. The molecule has 1 aliphatic rings. The lowest BCUT2D eigenvalue weighted by atomic mass is 10.0. The van der Waals surface area contributed by atoms with Crippen molar-refractivity contribution in [1.82, 2.24) is 19.4 Å². The average Bonchev–Trinajstić information content (AvgIpc) is 3.01. The van der Waals surface area contributed by atoms with E-state index >= 15 is 0 Å². The number of nitrogens with zero attached hydrogens (tertiary/aromatic N) is 5. The van der Waals surface area contributed by atoms with Crippen molar-refractivity contribution >= 4 is 45.6 Å². The monoisotopic (exact) mass is 612 g/mol. The zero-order valence-electron chi connectivity index (χ0n) is 24.3. The van der Waals surface area contributed by atoms with E-state index in [1.54, 1.807) is 30.0 Å². The first-order valence-electron chi connectivity index (χ1n) is 13.7. The Balaban J connectivity index is 1.63. The number of likely N-dealkylation sites (N-methyl/N-ethyl adjacent to an activating group) is 1. The van der Waals surface area contributed by atoms with Crippen LogP contribution < -0.4 is 30.4 Å². The van der Waals surface area contributed by atoms with Crippen LogP contribution in [0.4, 0.5) is 11.4 Å². The van der Waals surface area contributed by atoms with E-state index in [1.165, 1.54) is 14.2 Å². The maximum atomic E-state index is 13.9. The van der Waals surface area contributed by atoms with E-state index in [0.29, 0.717) is 57.5 Å². The smallest absolute Gasteiger partial charge is 0.260 e. The van der Waals surface area contributed by atoms with Gasteiger partial charge < -0.3 is 29.7 Å². The molecule has 12 heteroatoms. The molecule has 5 rings (SSSR count). The Morgan fingerprint density at radius 3 is 2.07 bits per heavy atom. The van der Waals surface area contributed by atoms with Crippen LogP contribution in [0, 0.1) is 0 Å². The van der Waals surface area contributed by atoms with E-state index < -0.39 is 0 Å². The summed E-state index contributed by atoms with van der Waals surface area (Å²) in [6, 6.07) is 7.05. The predicted octanol–water partition coefficient (Wildman–Crippen LogP) is 5.20. The molecule has 2 N–H and O–H groups in total. The van der Waals surface area contributed by atoms with Gasteiger partial charge in [0.15, 0.2) is 5.82 Å². The van der Waals surface area contributed by atoms with Gasteiger partial charge >= 0.3 is 0 Å². The summed E-state index contributed by atoms with van der Waals surface area (Å²) in [7, 11) is 4.58. The number of rotatable bonds is 8. The molecule has 42 heavy (non-hydrogen) atoms. The number of halogens is 2. The Hall–Kier alpha value is -3.73. The van der Waals surface area contributed by atoms with Crippen molar-refractivity contribution in [2.24, 2.45) is 0 Å². The third-order valence-electron chi connectivity index (χ3n) is 7.74. The fraction of sp³-hybridized carbons (Fsp3) is 0.367. The third kappa shape index (κ3) is 5.19. The van der Waals surface area contributed by atoms with Gasteiger partial charge in [0, 0.05) is 62.0 Å². The second kappa shape index (κ2) is 12.2. The molecule has 1 saturated heterocycles. The number of benzene rings is 2. The van der Waals surface area contributed by atoms with E-state index in [4.69, 9.17) is 48.1 Å². The first-order valence-corrected chi connectivity index (χ1v) is 14.5. The molecular weight excluding hydrogens is 579 g/mol. The molecule has 1 fully saturated rings. The lowest BCUT2D eigenvalue weighted by Crippen LogP contribution is -2.46. The Bertz CT molecular complexity index is 1670.